The summed E-state index contributed by atoms with van der Waals surface area (Å²) in [6, 6.07) is 5.07. The summed E-state index contributed by atoms with van der Waals surface area (Å²) >= 11 is 5.86. The summed E-state index contributed by atoms with van der Waals surface area (Å²) in [6.07, 6.45) is 2.93. The van der Waals surface area contributed by atoms with Crippen LogP contribution >= 0.6 is 11.6 Å². The largest absolute Gasteiger partial charge is 0.478 e. The summed E-state index contributed by atoms with van der Waals surface area (Å²) in [5, 5.41) is 8.86. The highest BCUT2D eigenvalue weighted by Gasteiger charge is 2.20. The number of halogens is 1. The zero-order valence-corrected chi connectivity index (χ0v) is 12.4. The van der Waals surface area contributed by atoms with Crippen LogP contribution in [0.1, 0.15) is 15.9 Å². The number of pyridine rings is 1. The second-order valence-corrected chi connectivity index (χ2v) is 6.36. The molecule has 1 aromatic heterocycles. The molecule has 0 aliphatic carbocycles. The number of hydrogen-bond acceptors (Lipinski definition) is 4. The number of rotatable bonds is 4. The van der Waals surface area contributed by atoms with Crippen molar-refractivity contribution in [3.8, 4) is 0 Å². The first-order valence-corrected chi connectivity index (χ1v) is 7.63. The third-order valence-electron chi connectivity index (χ3n) is 2.59. The van der Waals surface area contributed by atoms with Gasteiger partial charge in [0.25, 0.3) is 10.0 Å². The smallest absolute Gasteiger partial charge is 0.335 e. The lowest BCUT2D eigenvalue weighted by Crippen LogP contribution is -2.14. The molecule has 110 valence electrons. The Balaban J connectivity index is 2.44. The topological polar surface area (TPSA) is 96.4 Å². The van der Waals surface area contributed by atoms with Gasteiger partial charge in [0.15, 0.2) is 0 Å². The fraction of sp³-hybridized carbons (Fsp3) is 0.0769. The van der Waals surface area contributed by atoms with Gasteiger partial charge in [-0.15, -0.1) is 0 Å². The number of carboxylic acids is 1. The Morgan fingerprint density at radius 1 is 1.29 bits per heavy atom. The molecule has 2 rings (SSSR count). The number of sulfonamides is 1. The fourth-order valence-electron chi connectivity index (χ4n) is 1.66. The number of nitrogens with one attached hydrogen (secondary N) is 1. The van der Waals surface area contributed by atoms with Gasteiger partial charge in [0, 0.05) is 6.20 Å². The number of aromatic nitrogens is 1. The van der Waals surface area contributed by atoms with Crippen LogP contribution in [-0.4, -0.2) is 24.5 Å². The zero-order chi connectivity index (χ0) is 15.6. The second-order valence-electron chi connectivity index (χ2n) is 4.31. The predicted molar refractivity (Wildman–Crippen MR) is 78.2 cm³/mol. The van der Waals surface area contributed by atoms with E-state index in [9.17, 15) is 13.2 Å². The summed E-state index contributed by atoms with van der Waals surface area (Å²) in [6.45, 7) is 1.77. The van der Waals surface area contributed by atoms with Crippen LogP contribution in [0.25, 0.3) is 0 Å². The monoisotopic (exact) mass is 326 g/mol. The lowest BCUT2D eigenvalue weighted by atomic mass is 10.2. The van der Waals surface area contributed by atoms with Crippen LogP contribution in [0.5, 0.6) is 0 Å². The Labute approximate surface area is 126 Å². The van der Waals surface area contributed by atoms with Gasteiger partial charge in [0.05, 0.1) is 22.5 Å². The molecule has 0 saturated heterocycles. The molecule has 8 heteroatoms. The number of benzene rings is 1. The summed E-state index contributed by atoms with van der Waals surface area (Å²) in [5.74, 6) is -1.24. The normalized spacial score (nSPS) is 11.1. The summed E-state index contributed by atoms with van der Waals surface area (Å²) in [7, 11) is -4.00. The third kappa shape index (κ3) is 3.50. The van der Waals surface area contributed by atoms with E-state index in [2.05, 4.69) is 9.71 Å². The van der Waals surface area contributed by atoms with Gasteiger partial charge in [0.2, 0.25) is 0 Å². The highest BCUT2D eigenvalue weighted by atomic mass is 35.5. The van der Waals surface area contributed by atoms with E-state index >= 15 is 0 Å². The van der Waals surface area contributed by atoms with Crippen molar-refractivity contribution in [1.82, 2.24) is 4.98 Å². The number of hydrogen-bond donors (Lipinski definition) is 2. The van der Waals surface area contributed by atoms with E-state index < -0.39 is 16.0 Å². The van der Waals surface area contributed by atoms with E-state index in [1.165, 1.54) is 18.3 Å². The van der Waals surface area contributed by atoms with E-state index in [4.69, 9.17) is 16.7 Å². The molecule has 0 aliphatic heterocycles. The van der Waals surface area contributed by atoms with Crippen LogP contribution in [-0.2, 0) is 10.0 Å². The Morgan fingerprint density at radius 2 is 2.00 bits per heavy atom. The van der Waals surface area contributed by atoms with Crippen LogP contribution in [0.2, 0.25) is 5.02 Å². The third-order valence-corrected chi connectivity index (χ3v) is 4.46. The predicted octanol–water partition coefficient (Wildman–Crippen LogP) is 2.54. The number of aromatic carboxylic acids is 1. The maximum Gasteiger partial charge on any atom is 0.335 e. The van der Waals surface area contributed by atoms with Crippen LogP contribution in [0.15, 0.2) is 41.6 Å². The number of carbonyl (C=O) groups is 1. The molecule has 21 heavy (non-hydrogen) atoms. The quantitative estimate of drug-likeness (QED) is 0.900. The average Bonchev–Trinajstić information content (AvgIpc) is 2.38. The first kappa shape index (κ1) is 15.3. The molecule has 0 fully saturated rings. The van der Waals surface area contributed by atoms with Crippen molar-refractivity contribution in [1.29, 1.82) is 0 Å². The SMILES string of the molecule is Cc1cncc(NS(=O)(=O)c2cc(C(=O)O)ccc2Cl)c1. The van der Waals surface area contributed by atoms with E-state index in [0.717, 1.165) is 11.6 Å². The van der Waals surface area contributed by atoms with Crippen LogP contribution in [0, 0.1) is 6.92 Å². The van der Waals surface area contributed by atoms with Crippen LogP contribution in [0.3, 0.4) is 0 Å². The van der Waals surface area contributed by atoms with Gasteiger partial charge >= 0.3 is 5.97 Å². The molecule has 0 unspecified atom stereocenters. The van der Waals surface area contributed by atoms with Gasteiger partial charge in [-0.25, -0.2) is 13.2 Å². The van der Waals surface area contributed by atoms with Gasteiger partial charge in [-0.3, -0.25) is 9.71 Å². The van der Waals surface area contributed by atoms with Gasteiger partial charge in [-0.05, 0) is 36.8 Å². The molecule has 0 saturated carbocycles. The maximum absolute atomic E-state index is 12.3. The number of aryl methyl sites for hydroxylation is 1. The zero-order valence-electron chi connectivity index (χ0n) is 10.9. The first-order chi connectivity index (χ1) is 9.79. The minimum Gasteiger partial charge on any atom is -0.478 e. The van der Waals surface area contributed by atoms with Crippen molar-refractivity contribution in [3.05, 3.63) is 52.8 Å². The summed E-state index contributed by atoms with van der Waals surface area (Å²) in [5.41, 5.74) is 0.884. The van der Waals surface area contributed by atoms with E-state index in [1.54, 1.807) is 19.2 Å². The highest BCUT2D eigenvalue weighted by Crippen LogP contribution is 2.25. The molecule has 0 radical (unpaired) electrons. The highest BCUT2D eigenvalue weighted by molar-refractivity contribution is 7.92. The molecular weight excluding hydrogens is 316 g/mol. The maximum atomic E-state index is 12.3. The Bertz CT molecular complexity index is 806. The lowest BCUT2D eigenvalue weighted by Gasteiger charge is -2.10. The van der Waals surface area contributed by atoms with Crippen molar-refractivity contribution in [2.75, 3.05) is 4.72 Å². The molecule has 0 aliphatic rings. The van der Waals surface area contributed by atoms with E-state index in [-0.39, 0.29) is 21.2 Å². The summed E-state index contributed by atoms with van der Waals surface area (Å²) in [4.78, 5) is 14.5. The Morgan fingerprint density at radius 3 is 2.62 bits per heavy atom. The van der Waals surface area contributed by atoms with Crippen molar-refractivity contribution in [3.63, 3.8) is 0 Å². The Kier molecular flexibility index (Phi) is 4.15. The molecular formula is C13H11ClN2O4S. The molecule has 2 aromatic rings. The van der Waals surface area contributed by atoms with E-state index in [1.807, 2.05) is 0 Å². The van der Waals surface area contributed by atoms with Crippen molar-refractivity contribution in [2.45, 2.75) is 11.8 Å². The summed E-state index contributed by atoms with van der Waals surface area (Å²) < 4.78 is 26.9. The number of carboxylic acid groups (broad SMARTS) is 1. The standard InChI is InChI=1S/C13H11ClN2O4S/c1-8-4-10(7-15-6-8)16-21(19,20)12-5-9(13(17)18)2-3-11(12)14/h2-7,16H,1H3,(H,17,18). The van der Waals surface area contributed by atoms with Gasteiger partial charge < -0.3 is 5.11 Å². The number of anilines is 1. The van der Waals surface area contributed by atoms with Crippen molar-refractivity contribution < 1.29 is 18.3 Å². The lowest BCUT2D eigenvalue weighted by molar-refractivity contribution is 0.0696. The first-order valence-electron chi connectivity index (χ1n) is 5.77. The van der Waals surface area contributed by atoms with Crippen LogP contribution in [0.4, 0.5) is 5.69 Å². The van der Waals surface area contributed by atoms with Gasteiger partial charge in [0.1, 0.15) is 4.90 Å². The molecule has 0 atom stereocenters. The Hall–Kier alpha value is -2.12. The second kappa shape index (κ2) is 5.71. The minimum absolute atomic E-state index is 0.0619. The van der Waals surface area contributed by atoms with Crippen LogP contribution < -0.4 is 4.72 Å². The van der Waals surface area contributed by atoms with Gasteiger partial charge in [-0.1, -0.05) is 11.6 Å². The fourth-order valence-corrected chi connectivity index (χ4v) is 3.22. The molecule has 6 nitrogen and oxygen atoms in total. The molecule has 1 aromatic carbocycles. The molecule has 1 heterocycles. The van der Waals surface area contributed by atoms with Gasteiger partial charge in [-0.2, -0.15) is 0 Å². The molecule has 0 amide bonds. The van der Waals surface area contributed by atoms with Crippen molar-refractivity contribution >= 4 is 33.3 Å². The van der Waals surface area contributed by atoms with Crippen molar-refractivity contribution in [2.24, 2.45) is 0 Å². The molecule has 0 bridgehead atoms. The number of nitrogens with zero attached hydrogens (tertiary/aromatic N) is 1. The molecule has 0 spiro atoms. The minimum atomic E-state index is -4.00. The van der Waals surface area contributed by atoms with E-state index in [0.29, 0.717) is 0 Å². The molecule has 2 N–H and O–H groups in total. The average molecular weight is 327 g/mol.